The van der Waals surface area contributed by atoms with Gasteiger partial charge in [-0.05, 0) is 18.2 Å². The molecule has 3 nitrogen and oxygen atoms in total. The molecule has 0 spiro atoms. The molecule has 1 atom stereocenters. The summed E-state index contributed by atoms with van der Waals surface area (Å²) in [5.41, 5.74) is 7.91. The molecule has 0 radical (unpaired) electrons. The smallest absolute Gasteiger partial charge is 0.129 e. The molecular formula is C7H9ClFN3. The van der Waals surface area contributed by atoms with E-state index in [9.17, 15) is 4.39 Å². The number of hydrogen-bond donors (Lipinski definition) is 3. The van der Waals surface area contributed by atoms with Crippen molar-refractivity contribution < 1.29 is 4.39 Å². The number of rotatable bonds is 2. The molecule has 0 fully saturated rings. The molecule has 0 bridgehead atoms. The number of nitrogens with one attached hydrogen (secondary N) is 1. The minimum atomic E-state index is -0.733. The van der Waals surface area contributed by atoms with E-state index in [1.807, 2.05) is 0 Å². The highest BCUT2D eigenvalue weighted by atomic mass is 35.5. The van der Waals surface area contributed by atoms with Crippen molar-refractivity contribution in [1.29, 1.82) is 0 Å². The van der Waals surface area contributed by atoms with Gasteiger partial charge in [0.05, 0.1) is 6.17 Å². The predicted octanol–water partition coefficient (Wildman–Crippen LogP) is 0.900. The molecule has 0 saturated heterocycles. The van der Waals surface area contributed by atoms with Crippen molar-refractivity contribution in [2.24, 2.45) is 11.6 Å². The van der Waals surface area contributed by atoms with Crippen LogP contribution in [0, 0.1) is 5.82 Å². The molecule has 1 rings (SSSR count). The Kier molecular flexibility index (Phi) is 2.99. The summed E-state index contributed by atoms with van der Waals surface area (Å²) < 4.78 is 13.0. The van der Waals surface area contributed by atoms with Crippen LogP contribution >= 0.6 is 11.6 Å². The van der Waals surface area contributed by atoms with E-state index in [4.69, 9.17) is 23.2 Å². The fourth-order valence-electron chi connectivity index (χ4n) is 0.843. The van der Waals surface area contributed by atoms with Crippen LogP contribution in [0.2, 0.25) is 5.02 Å². The van der Waals surface area contributed by atoms with Crippen LogP contribution in [0.15, 0.2) is 18.2 Å². The first-order chi connectivity index (χ1) is 5.65. The summed E-state index contributed by atoms with van der Waals surface area (Å²) in [4.78, 5) is 0. The number of benzene rings is 1. The Hall–Kier alpha value is -0.680. The van der Waals surface area contributed by atoms with E-state index >= 15 is 0 Å². The van der Waals surface area contributed by atoms with Gasteiger partial charge in [0.25, 0.3) is 0 Å². The molecule has 0 aliphatic heterocycles. The second kappa shape index (κ2) is 3.82. The van der Waals surface area contributed by atoms with Crippen molar-refractivity contribution in [3.05, 3.63) is 34.6 Å². The van der Waals surface area contributed by atoms with E-state index in [1.54, 1.807) is 0 Å². The van der Waals surface area contributed by atoms with Crippen molar-refractivity contribution in [1.82, 2.24) is 5.43 Å². The molecule has 0 aliphatic carbocycles. The summed E-state index contributed by atoms with van der Waals surface area (Å²) in [5.74, 6) is 4.61. The van der Waals surface area contributed by atoms with Gasteiger partial charge in [-0.2, -0.15) is 0 Å². The molecule has 5 N–H and O–H groups in total. The summed E-state index contributed by atoms with van der Waals surface area (Å²) >= 11 is 5.63. The predicted molar refractivity (Wildman–Crippen MR) is 45.7 cm³/mol. The molecule has 0 aromatic heterocycles. The van der Waals surface area contributed by atoms with Crippen LogP contribution in [0.1, 0.15) is 11.7 Å². The maximum Gasteiger partial charge on any atom is 0.129 e. The highest BCUT2D eigenvalue weighted by Gasteiger charge is 2.09. The molecular weight excluding hydrogens is 181 g/mol. The van der Waals surface area contributed by atoms with E-state index in [-0.39, 0.29) is 5.56 Å². The second-order valence-corrected chi connectivity index (χ2v) is 2.75. The lowest BCUT2D eigenvalue weighted by molar-refractivity contribution is 0.526. The van der Waals surface area contributed by atoms with Gasteiger partial charge < -0.3 is 5.73 Å². The standard InChI is InChI=1S/C7H9ClFN3/c8-4-1-2-6(9)5(3-4)7(10)12-11/h1-3,7,12H,10-11H2. The van der Waals surface area contributed by atoms with Crippen molar-refractivity contribution in [3.63, 3.8) is 0 Å². The fraction of sp³-hybridized carbons (Fsp3) is 0.143. The van der Waals surface area contributed by atoms with Crippen LogP contribution in [0.3, 0.4) is 0 Å². The molecule has 0 heterocycles. The zero-order valence-electron chi connectivity index (χ0n) is 6.22. The van der Waals surface area contributed by atoms with Gasteiger partial charge >= 0.3 is 0 Å². The van der Waals surface area contributed by atoms with Crippen molar-refractivity contribution in [3.8, 4) is 0 Å². The molecule has 66 valence electrons. The lowest BCUT2D eigenvalue weighted by Gasteiger charge is -2.11. The van der Waals surface area contributed by atoms with Gasteiger partial charge in [0, 0.05) is 10.6 Å². The van der Waals surface area contributed by atoms with Gasteiger partial charge in [-0.3, -0.25) is 5.84 Å². The van der Waals surface area contributed by atoms with E-state index in [2.05, 4.69) is 5.43 Å². The Labute approximate surface area is 74.5 Å². The minimum absolute atomic E-state index is 0.255. The average molecular weight is 190 g/mol. The zero-order valence-corrected chi connectivity index (χ0v) is 6.98. The van der Waals surface area contributed by atoms with Crippen LogP contribution < -0.4 is 17.0 Å². The highest BCUT2D eigenvalue weighted by Crippen LogP contribution is 2.17. The van der Waals surface area contributed by atoms with Crippen LogP contribution in [-0.2, 0) is 0 Å². The van der Waals surface area contributed by atoms with Crippen LogP contribution in [0.5, 0.6) is 0 Å². The number of hydrazine groups is 1. The van der Waals surface area contributed by atoms with Crippen molar-refractivity contribution >= 4 is 11.6 Å². The molecule has 0 saturated carbocycles. The third-order valence-corrected chi connectivity index (χ3v) is 1.71. The van der Waals surface area contributed by atoms with Crippen LogP contribution in [0.25, 0.3) is 0 Å². The van der Waals surface area contributed by atoms with Crippen molar-refractivity contribution in [2.75, 3.05) is 0 Å². The third kappa shape index (κ3) is 1.92. The van der Waals surface area contributed by atoms with Gasteiger partial charge in [-0.15, -0.1) is 0 Å². The van der Waals surface area contributed by atoms with Gasteiger partial charge in [-0.1, -0.05) is 11.6 Å². The molecule has 12 heavy (non-hydrogen) atoms. The maximum absolute atomic E-state index is 13.0. The molecule has 1 aromatic carbocycles. The normalized spacial score (nSPS) is 13.0. The number of hydrogen-bond acceptors (Lipinski definition) is 3. The third-order valence-electron chi connectivity index (χ3n) is 1.47. The molecule has 1 aromatic rings. The summed E-state index contributed by atoms with van der Waals surface area (Å²) in [6, 6.07) is 4.12. The Bertz CT molecular complexity index is 279. The fourth-order valence-corrected chi connectivity index (χ4v) is 1.02. The summed E-state index contributed by atoms with van der Waals surface area (Å²) in [6.07, 6.45) is -0.733. The molecule has 1 unspecified atom stereocenters. The first-order valence-electron chi connectivity index (χ1n) is 3.32. The van der Waals surface area contributed by atoms with Crippen LogP contribution in [0.4, 0.5) is 4.39 Å². The van der Waals surface area contributed by atoms with Gasteiger partial charge in [0.1, 0.15) is 5.82 Å². The summed E-state index contributed by atoms with van der Waals surface area (Å²) in [6.45, 7) is 0. The Morgan fingerprint density at radius 3 is 2.75 bits per heavy atom. The first-order valence-corrected chi connectivity index (χ1v) is 3.69. The van der Waals surface area contributed by atoms with Crippen molar-refractivity contribution in [2.45, 2.75) is 6.17 Å². The largest absolute Gasteiger partial charge is 0.311 e. The lowest BCUT2D eigenvalue weighted by atomic mass is 10.2. The topological polar surface area (TPSA) is 64.1 Å². The van der Waals surface area contributed by atoms with Gasteiger partial charge in [0.15, 0.2) is 0 Å². The van der Waals surface area contributed by atoms with Crippen LogP contribution in [-0.4, -0.2) is 0 Å². The quantitative estimate of drug-likeness (QED) is 0.368. The first kappa shape index (κ1) is 9.41. The minimum Gasteiger partial charge on any atom is -0.311 e. The van der Waals surface area contributed by atoms with Gasteiger partial charge in [0.2, 0.25) is 0 Å². The SMILES string of the molecule is NNC(N)c1cc(Cl)ccc1F. The van der Waals surface area contributed by atoms with E-state index < -0.39 is 12.0 Å². The molecule has 5 heteroatoms. The summed E-state index contributed by atoms with van der Waals surface area (Å²) in [7, 11) is 0. The molecule has 0 amide bonds. The summed E-state index contributed by atoms with van der Waals surface area (Å²) in [5, 5.41) is 0.428. The Morgan fingerprint density at radius 1 is 1.50 bits per heavy atom. The number of nitrogens with two attached hydrogens (primary N) is 2. The Balaban J connectivity index is 3.04. The maximum atomic E-state index is 13.0. The number of halogens is 2. The van der Waals surface area contributed by atoms with E-state index in [0.29, 0.717) is 5.02 Å². The van der Waals surface area contributed by atoms with E-state index in [0.717, 1.165) is 0 Å². The average Bonchev–Trinajstić information content (AvgIpc) is 2.08. The Morgan fingerprint density at radius 2 is 2.17 bits per heavy atom. The van der Waals surface area contributed by atoms with Gasteiger partial charge in [-0.25, -0.2) is 9.82 Å². The second-order valence-electron chi connectivity index (χ2n) is 2.31. The monoisotopic (exact) mass is 189 g/mol. The van der Waals surface area contributed by atoms with E-state index in [1.165, 1.54) is 18.2 Å². The highest BCUT2D eigenvalue weighted by molar-refractivity contribution is 6.30. The lowest BCUT2D eigenvalue weighted by Crippen LogP contribution is -2.34. The zero-order chi connectivity index (χ0) is 9.14. The molecule has 0 aliphatic rings.